The first-order valence-corrected chi connectivity index (χ1v) is 8.93. The minimum absolute atomic E-state index is 0.694. The molecule has 3 heteroatoms. The normalized spacial score (nSPS) is 24.1. The van der Waals surface area contributed by atoms with Gasteiger partial charge in [-0.2, -0.15) is 5.10 Å². The van der Waals surface area contributed by atoms with Crippen LogP contribution in [-0.4, -0.2) is 22.4 Å². The molecule has 3 unspecified atom stereocenters. The molecule has 1 aliphatic rings. The molecule has 1 fully saturated rings. The van der Waals surface area contributed by atoms with Gasteiger partial charge in [-0.3, -0.25) is 4.68 Å². The summed E-state index contributed by atoms with van der Waals surface area (Å²) in [5, 5.41) is 8.12. The summed E-state index contributed by atoms with van der Waals surface area (Å²) >= 11 is 0. The molecule has 3 nitrogen and oxygen atoms in total. The number of nitrogens with one attached hydrogen (secondary N) is 1. The SMILES string of the molecule is CCCNC(CCc1cnn(C)c1)C1CCCC(CC)C1. The van der Waals surface area contributed by atoms with Crippen molar-refractivity contribution < 1.29 is 0 Å². The Bertz CT molecular complexity index is 399. The Balaban J connectivity index is 1.89. The molecule has 2 rings (SSSR count). The zero-order valence-corrected chi connectivity index (χ0v) is 14.1. The van der Waals surface area contributed by atoms with Crippen LogP contribution in [0.15, 0.2) is 12.4 Å². The molecule has 21 heavy (non-hydrogen) atoms. The highest BCUT2D eigenvalue weighted by Crippen LogP contribution is 2.34. The van der Waals surface area contributed by atoms with E-state index < -0.39 is 0 Å². The van der Waals surface area contributed by atoms with Crippen LogP contribution in [0, 0.1) is 11.8 Å². The van der Waals surface area contributed by atoms with Gasteiger partial charge in [-0.25, -0.2) is 0 Å². The van der Waals surface area contributed by atoms with E-state index in [1.54, 1.807) is 0 Å². The van der Waals surface area contributed by atoms with E-state index in [4.69, 9.17) is 0 Å². The summed E-state index contributed by atoms with van der Waals surface area (Å²) in [7, 11) is 2.00. The Morgan fingerprint density at radius 2 is 2.24 bits per heavy atom. The van der Waals surface area contributed by atoms with E-state index in [2.05, 4.69) is 30.5 Å². The molecule has 120 valence electrons. The fourth-order valence-corrected chi connectivity index (χ4v) is 3.83. The van der Waals surface area contributed by atoms with Crippen molar-refractivity contribution in [3.05, 3.63) is 18.0 Å². The van der Waals surface area contributed by atoms with E-state index in [9.17, 15) is 0 Å². The van der Waals surface area contributed by atoms with Gasteiger partial charge in [0, 0.05) is 19.3 Å². The average molecular weight is 291 g/mol. The van der Waals surface area contributed by atoms with E-state index in [1.165, 1.54) is 50.5 Å². The van der Waals surface area contributed by atoms with Gasteiger partial charge in [0.05, 0.1) is 6.20 Å². The van der Waals surface area contributed by atoms with Crippen LogP contribution < -0.4 is 5.32 Å². The molecule has 1 heterocycles. The van der Waals surface area contributed by atoms with Gasteiger partial charge in [0.2, 0.25) is 0 Å². The first-order valence-electron chi connectivity index (χ1n) is 8.93. The fraction of sp³-hybridized carbons (Fsp3) is 0.833. The lowest BCUT2D eigenvalue weighted by Gasteiger charge is -2.35. The average Bonchev–Trinajstić information content (AvgIpc) is 2.93. The van der Waals surface area contributed by atoms with Crippen molar-refractivity contribution in [1.82, 2.24) is 15.1 Å². The Morgan fingerprint density at radius 1 is 1.38 bits per heavy atom. The number of aryl methyl sites for hydroxylation is 2. The molecule has 0 bridgehead atoms. The Hall–Kier alpha value is -0.830. The van der Waals surface area contributed by atoms with Crippen LogP contribution in [0.5, 0.6) is 0 Å². The Labute approximate surface area is 130 Å². The van der Waals surface area contributed by atoms with E-state index >= 15 is 0 Å². The maximum atomic E-state index is 4.29. The maximum absolute atomic E-state index is 4.29. The van der Waals surface area contributed by atoms with E-state index in [1.807, 2.05) is 17.9 Å². The highest BCUT2D eigenvalue weighted by atomic mass is 15.2. The molecule has 0 aromatic carbocycles. The van der Waals surface area contributed by atoms with E-state index in [-0.39, 0.29) is 0 Å². The quantitative estimate of drug-likeness (QED) is 0.786. The second kappa shape index (κ2) is 8.57. The van der Waals surface area contributed by atoms with E-state index in [0.29, 0.717) is 6.04 Å². The van der Waals surface area contributed by atoms with E-state index in [0.717, 1.165) is 24.8 Å². The number of nitrogens with zero attached hydrogens (tertiary/aromatic N) is 2. The second-order valence-electron chi connectivity index (χ2n) is 6.82. The number of hydrogen-bond donors (Lipinski definition) is 1. The van der Waals surface area contributed by atoms with Crippen molar-refractivity contribution in [1.29, 1.82) is 0 Å². The van der Waals surface area contributed by atoms with Crippen LogP contribution in [0.4, 0.5) is 0 Å². The van der Waals surface area contributed by atoms with Crippen molar-refractivity contribution in [2.24, 2.45) is 18.9 Å². The van der Waals surface area contributed by atoms with Crippen LogP contribution in [-0.2, 0) is 13.5 Å². The third kappa shape index (κ3) is 5.14. The van der Waals surface area contributed by atoms with Crippen molar-refractivity contribution >= 4 is 0 Å². The van der Waals surface area contributed by atoms with Gasteiger partial charge < -0.3 is 5.32 Å². The van der Waals surface area contributed by atoms with Crippen LogP contribution in [0.2, 0.25) is 0 Å². The Morgan fingerprint density at radius 3 is 2.90 bits per heavy atom. The van der Waals surface area contributed by atoms with Gasteiger partial charge in [0.25, 0.3) is 0 Å². The molecular weight excluding hydrogens is 258 g/mol. The minimum Gasteiger partial charge on any atom is -0.314 e. The maximum Gasteiger partial charge on any atom is 0.0521 e. The highest BCUT2D eigenvalue weighted by Gasteiger charge is 2.27. The molecule has 0 radical (unpaired) electrons. The lowest BCUT2D eigenvalue weighted by Crippen LogP contribution is -2.39. The zero-order chi connectivity index (χ0) is 15.1. The molecule has 1 N–H and O–H groups in total. The summed E-state index contributed by atoms with van der Waals surface area (Å²) in [6.45, 7) is 5.78. The first kappa shape index (κ1) is 16.5. The van der Waals surface area contributed by atoms with Crippen molar-refractivity contribution in [2.45, 2.75) is 71.3 Å². The molecule has 0 aliphatic heterocycles. The smallest absolute Gasteiger partial charge is 0.0521 e. The highest BCUT2D eigenvalue weighted by molar-refractivity contribution is 5.04. The molecule has 1 aromatic rings. The lowest BCUT2D eigenvalue weighted by atomic mass is 9.75. The van der Waals surface area contributed by atoms with Crippen molar-refractivity contribution in [2.75, 3.05) is 6.54 Å². The molecule has 3 atom stereocenters. The van der Waals surface area contributed by atoms with Gasteiger partial charge >= 0.3 is 0 Å². The summed E-state index contributed by atoms with van der Waals surface area (Å²) in [6.07, 6.45) is 14.9. The van der Waals surface area contributed by atoms with Gasteiger partial charge in [0.1, 0.15) is 0 Å². The van der Waals surface area contributed by atoms with Gasteiger partial charge in [-0.05, 0) is 56.0 Å². The molecule has 1 saturated carbocycles. The predicted octanol–water partition coefficient (Wildman–Crippen LogP) is 3.94. The molecule has 1 aliphatic carbocycles. The van der Waals surface area contributed by atoms with Crippen LogP contribution >= 0.6 is 0 Å². The monoisotopic (exact) mass is 291 g/mol. The zero-order valence-electron chi connectivity index (χ0n) is 14.1. The van der Waals surface area contributed by atoms with Crippen molar-refractivity contribution in [3.63, 3.8) is 0 Å². The summed E-state index contributed by atoms with van der Waals surface area (Å²) in [6, 6.07) is 0.694. The fourth-order valence-electron chi connectivity index (χ4n) is 3.83. The minimum atomic E-state index is 0.694. The lowest BCUT2D eigenvalue weighted by molar-refractivity contribution is 0.202. The summed E-state index contributed by atoms with van der Waals surface area (Å²) in [5.74, 6) is 1.85. The van der Waals surface area contributed by atoms with Crippen LogP contribution in [0.25, 0.3) is 0 Å². The summed E-state index contributed by atoms with van der Waals surface area (Å²) < 4.78 is 1.91. The summed E-state index contributed by atoms with van der Waals surface area (Å²) in [4.78, 5) is 0. The predicted molar refractivity (Wildman–Crippen MR) is 89.3 cm³/mol. The first-order chi connectivity index (χ1) is 10.2. The van der Waals surface area contributed by atoms with Crippen LogP contribution in [0.3, 0.4) is 0 Å². The molecule has 0 saturated heterocycles. The number of rotatable bonds is 8. The second-order valence-corrected chi connectivity index (χ2v) is 6.82. The van der Waals surface area contributed by atoms with Gasteiger partial charge in [-0.1, -0.05) is 33.1 Å². The molecular formula is C18H33N3. The van der Waals surface area contributed by atoms with Gasteiger partial charge in [-0.15, -0.1) is 0 Å². The van der Waals surface area contributed by atoms with Crippen LogP contribution in [0.1, 0.15) is 64.4 Å². The topological polar surface area (TPSA) is 29.9 Å². The molecule has 1 aromatic heterocycles. The van der Waals surface area contributed by atoms with Gasteiger partial charge in [0.15, 0.2) is 0 Å². The third-order valence-corrected chi connectivity index (χ3v) is 5.13. The molecule has 0 amide bonds. The third-order valence-electron chi connectivity index (χ3n) is 5.13. The number of hydrogen-bond acceptors (Lipinski definition) is 2. The molecule has 0 spiro atoms. The standard InChI is InChI=1S/C18H33N3/c1-4-11-19-18(10-9-16-13-20-21(3)14-16)17-8-6-7-15(5-2)12-17/h13-15,17-19H,4-12H2,1-3H3. The number of aromatic nitrogens is 2. The van der Waals surface area contributed by atoms with Crippen molar-refractivity contribution in [3.8, 4) is 0 Å². The Kier molecular flexibility index (Phi) is 6.75. The largest absolute Gasteiger partial charge is 0.314 e. The summed E-state index contributed by atoms with van der Waals surface area (Å²) in [5.41, 5.74) is 1.38.